The Labute approximate surface area is 198 Å². The number of aryl methyl sites for hydroxylation is 2. The lowest BCUT2D eigenvalue weighted by molar-refractivity contribution is 0.463. The van der Waals surface area contributed by atoms with Crippen LogP contribution in [0.3, 0.4) is 0 Å². The monoisotopic (exact) mass is 484 g/mol. The molecule has 0 saturated heterocycles. The standard InChI is InChI=1S/C23H15Cl3N4O2/c24-17-11-18(25)23(28-21(17)26)31-15-8-5-13(6-9-15)22-30-29-20(32-22)10-7-14-12-27-19-4-2-1-3-16(14)19/h1-6,8-9,11-12,27H,7,10H2. The largest absolute Gasteiger partial charge is 0.437 e. The highest BCUT2D eigenvalue weighted by Gasteiger charge is 2.13. The highest BCUT2D eigenvalue weighted by Crippen LogP contribution is 2.33. The molecule has 0 radical (unpaired) electrons. The van der Waals surface area contributed by atoms with Crippen molar-refractivity contribution in [2.24, 2.45) is 0 Å². The number of hydrogen-bond donors (Lipinski definition) is 1. The first-order chi connectivity index (χ1) is 15.6. The van der Waals surface area contributed by atoms with Gasteiger partial charge in [-0.2, -0.15) is 4.98 Å². The van der Waals surface area contributed by atoms with E-state index in [1.165, 1.54) is 17.0 Å². The normalized spacial score (nSPS) is 11.2. The van der Waals surface area contributed by atoms with Gasteiger partial charge in [0.25, 0.3) is 0 Å². The van der Waals surface area contributed by atoms with Gasteiger partial charge in [-0.3, -0.25) is 0 Å². The predicted octanol–water partition coefficient (Wildman–Crippen LogP) is 7.15. The summed E-state index contributed by atoms with van der Waals surface area (Å²) in [5.41, 5.74) is 3.11. The van der Waals surface area contributed by atoms with Crippen molar-refractivity contribution in [2.45, 2.75) is 12.8 Å². The number of H-pyrrole nitrogens is 1. The number of aromatic amines is 1. The van der Waals surface area contributed by atoms with E-state index in [9.17, 15) is 0 Å². The minimum Gasteiger partial charge on any atom is -0.437 e. The fourth-order valence-corrected chi connectivity index (χ4v) is 3.86. The van der Waals surface area contributed by atoms with E-state index in [0.717, 1.165) is 17.5 Å². The molecule has 3 heterocycles. The van der Waals surface area contributed by atoms with Crippen LogP contribution in [0.5, 0.6) is 11.6 Å². The molecule has 0 atom stereocenters. The maximum Gasteiger partial charge on any atom is 0.247 e. The molecule has 5 rings (SSSR count). The van der Waals surface area contributed by atoms with E-state index in [1.54, 1.807) is 12.1 Å². The molecule has 3 aromatic heterocycles. The molecule has 1 N–H and O–H groups in total. The first kappa shape index (κ1) is 20.8. The second kappa shape index (κ2) is 8.82. The van der Waals surface area contributed by atoms with Crippen LogP contribution in [-0.2, 0) is 12.8 Å². The Hall–Kier alpha value is -3.06. The van der Waals surface area contributed by atoms with Gasteiger partial charge in [0, 0.05) is 29.1 Å². The van der Waals surface area contributed by atoms with Crippen LogP contribution in [0.4, 0.5) is 0 Å². The van der Waals surface area contributed by atoms with Gasteiger partial charge in [0.15, 0.2) is 5.15 Å². The first-order valence-corrected chi connectivity index (χ1v) is 10.9. The Morgan fingerprint density at radius 1 is 0.906 bits per heavy atom. The van der Waals surface area contributed by atoms with Crippen LogP contribution in [0.1, 0.15) is 11.5 Å². The van der Waals surface area contributed by atoms with Gasteiger partial charge < -0.3 is 14.1 Å². The summed E-state index contributed by atoms with van der Waals surface area (Å²) in [6, 6.07) is 16.8. The zero-order chi connectivity index (χ0) is 22.1. The number of aromatic nitrogens is 4. The average Bonchev–Trinajstić information content (AvgIpc) is 3.44. The lowest BCUT2D eigenvalue weighted by atomic mass is 10.1. The second-order valence-corrected chi connectivity index (χ2v) is 8.21. The zero-order valence-electron chi connectivity index (χ0n) is 16.5. The molecule has 0 spiro atoms. The van der Waals surface area contributed by atoms with E-state index in [2.05, 4.69) is 32.3 Å². The molecule has 0 amide bonds. The van der Waals surface area contributed by atoms with E-state index >= 15 is 0 Å². The van der Waals surface area contributed by atoms with E-state index < -0.39 is 0 Å². The molecule has 5 aromatic rings. The summed E-state index contributed by atoms with van der Waals surface area (Å²) >= 11 is 17.9. The molecule has 0 aliphatic carbocycles. The van der Waals surface area contributed by atoms with Crippen molar-refractivity contribution < 1.29 is 9.15 Å². The van der Waals surface area contributed by atoms with Gasteiger partial charge in [-0.25, -0.2) is 0 Å². The van der Waals surface area contributed by atoms with Crippen LogP contribution in [0.25, 0.3) is 22.4 Å². The summed E-state index contributed by atoms with van der Waals surface area (Å²) in [4.78, 5) is 7.33. The molecule has 160 valence electrons. The molecular weight excluding hydrogens is 471 g/mol. The Kier molecular flexibility index (Phi) is 5.74. The van der Waals surface area contributed by atoms with E-state index in [4.69, 9.17) is 44.0 Å². The third kappa shape index (κ3) is 4.30. The van der Waals surface area contributed by atoms with Gasteiger partial charge in [0.2, 0.25) is 17.7 Å². The summed E-state index contributed by atoms with van der Waals surface area (Å²) < 4.78 is 11.5. The van der Waals surface area contributed by atoms with Crippen LogP contribution in [0.15, 0.2) is 65.2 Å². The maximum absolute atomic E-state index is 6.11. The summed E-state index contributed by atoms with van der Waals surface area (Å²) in [5.74, 6) is 1.72. The van der Waals surface area contributed by atoms with Crippen LogP contribution in [0.2, 0.25) is 15.2 Å². The third-order valence-electron chi connectivity index (χ3n) is 4.92. The Bertz CT molecular complexity index is 1400. The molecular formula is C23H15Cl3N4O2. The molecule has 9 heteroatoms. The molecule has 0 saturated carbocycles. The summed E-state index contributed by atoms with van der Waals surface area (Å²) in [7, 11) is 0. The third-order valence-corrected chi connectivity index (χ3v) is 5.86. The Balaban J connectivity index is 1.26. The lowest BCUT2D eigenvalue weighted by Crippen LogP contribution is -1.90. The number of nitrogens with zero attached hydrogens (tertiary/aromatic N) is 3. The lowest BCUT2D eigenvalue weighted by Gasteiger charge is -2.07. The minimum atomic E-state index is 0.119. The molecule has 0 bridgehead atoms. The number of hydrogen-bond acceptors (Lipinski definition) is 5. The fraction of sp³-hybridized carbons (Fsp3) is 0.0870. The average molecular weight is 486 g/mol. The van der Waals surface area contributed by atoms with Crippen LogP contribution >= 0.6 is 34.8 Å². The van der Waals surface area contributed by atoms with Crippen molar-refractivity contribution >= 4 is 45.7 Å². The topological polar surface area (TPSA) is 76.8 Å². The number of benzene rings is 2. The van der Waals surface area contributed by atoms with Crippen molar-refractivity contribution in [3.8, 4) is 23.1 Å². The summed E-state index contributed by atoms with van der Waals surface area (Å²) in [6.45, 7) is 0. The number of pyridine rings is 1. The van der Waals surface area contributed by atoms with Gasteiger partial charge in [-0.15, -0.1) is 10.2 Å². The van der Waals surface area contributed by atoms with Crippen LogP contribution < -0.4 is 4.74 Å². The molecule has 6 nitrogen and oxygen atoms in total. The highest BCUT2D eigenvalue weighted by molar-refractivity contribution is 6.42. The Morgan fingerprint density at radius 2 is 1.72 bits per heavy atom. The van der Waals surface area contributed by atoms with Gasteiger partial charge >= 0.3 is 0 Å². The molecule has 32 heavy (non-hydrogen) atoms. The number of halogens is 3. The number of para-hydroxylation sites is 1. The minimum absolute atomic E-state index is 0.119. The van der Waals surface area contributed by atoms with E-state index in [0.29, 0.717) is 24.0 Å². The first-order valence-electron chi connectivity index (χ1n) is 9.74. The van der Waals surface area contributed by atoms with Gasteiger partial charge in [0.1, 0.15) is 10.8 Å². The highest BCUT2D eigenvalue weighted by atomic mass is 35.5. The van der Waals surface area contributed by atoms with E-state index in [1.807, 2.05) is 30.5 Å². The SMILES string of the molecule is Clc1cc(Cl)c(Oc2ccc(-c3nnc(CCc4c[nH]c5ccccc45)o3)cc2)nc1Cl. The maximum atomic E-state index is 6.11. The van der Waals surface area contributed by atoms with Crippen molar-refractivity contribution in [3.63, 3.8) is 0 Å². The number of ether oxygens (including phenoxy) is 1. The number of rotatable bonds is 6. The number of fused-ring (bicyclic) bond motifs is 1. The van der Waals surface area contributed by atoms with Crippen LogP contribution in [-0.4, -0.2) is 20.2 Å². The zero-order valence-corrected chi connectivity index (χ0v) is 18.7. The Morgan fingerprint density at radius 3 is 2.56 bits per heavy atom. The molecule has 2 aromatic carbocycles. The molecule has 0 fully saturated rings. The van der Waals surface area contributed by atoms with Gasteiger partial charge in [-0.1, -0.05) is 53.0 Å². The summed E-state index contributed by atoms with van der Waals surface area (Å²) in [5, 5.41) is 10.2. The molecule has 0 aliphatic heterocycles. The van der Waals surface area contributed by atoms with Crippen molar-refractivity contribution in [3.05, 3.63) is 87.4 Å². The smallest absolute Gasteiger partial charge is 0.247 e. The number of nitrogens with one attached hydrogen (secondary N) is 1. The molecule has 0 unspecified atom stereocenters. The summed E-state index contributed by atoms with van der Waals surface area (Å²) in [6.07, 6.45) is 3.48. The second-order valence-electron chi connectivity index (χ2n) is 7.03. The van der Waals surface area contributed by atoms with E-state index in [-0.39, 0.29) is 21.1 Å². The quantitative estimate of drug-likeness (QED) is 0.258. The van der Waals surface area contributed by atoms with Crippen molar-refractivity contribution in [1.82, 2.24) is 20.2 Å². The van der Waals surface area contributed by atoms with Crippen LogP contribution in [0, 0.1) is 0 Å². The van der Waals surface area contributed by atoms with Crippen molar-refractivity contribution in [1.29, 1.82) is 0 Å². The van der Waals surface area contributed by atoms with Gasteiger partial charge in [0.05, 0.1) is 5.02 Å². The fourth-order valence-electron chi connectivity index (χ4n) is 3.33. The predicted molar refractivity (Wildman–Crippen MR) is 125 cm³/mol. The molecule has 0 aliphatic rings. The van der Waals surface area contributed by atoms with Crippen molar-refractivity contribution in [2.75, 3.05) is 0 Å². The van der Waals surface area contributed by atoms with Gasteiger partial charge in [-0.05, 0) is 48.4 Å².